The lowest BCUT2D eigenvalue weighted by Gasteiger charge is -2.31. The normalized spacial score (nSPS) is 16.9. The van der Waals surface area contributed by atoms with Gasteiger partial charge in [-0.05, 0) is 97.5 Å². The summed E-state index contributed by atoms with van der Waals surface area (Å²) in [5, 5.41) is 27.5. The molecule has 2 aliphatic heterocycles. The van der Waals surface area contributed by atoms with Crippen molar-refractivity contribution >= 4 is 58.5 Å². The number of carbonyl (C=O) groups is 8. The molecule has 2 aromatic heterocycles. The van der Waals surface area contributed by atoms with Crippen LogP contribution in [0.2, 0.25) is 0 Å². The summed E-state index contributed by atoms with van der Waals surface area (Å²) in [5.74, 6) is -6.35. The molecule has 0 bridgehead atoms. The molecule has 10 rings (SSSR count). The van der Waals surface area contributed by atoms with Gasteiger partial charge in [0.05, 0.1) is 61.1 Å². The number of ether oxygens (including phenoxy) is 3. The summed E-state index contributed by atoms with van der Waals surface area (Å²) in [6.07, 6.45) is -1.01. The SMILES string of the molecule is CC[C@@]1(O)C(=O)OCc2c1cc1n(c2=O)Cc2c-1nc1cc(F)c(C)c3c1c2[C@@H](NC(=O)CNC(=O)[C@H](Cc1ccccc1)NC(=O)CNC(=O)CNC(=O)[C@@H](CC(=O)OC(C)(C)C)NC(=O)OCC1c2ccccc2-c2ccccc21)CC3. The van der Waals surface area contributed by atoms with E-state index in [0.717, 1.165) is 22.3 Å². The standard InChI is InChI=1S/C62H63FN8O13/c1-6-62(81)42-23-48-55-39(29-71(48)58(78)41(42)31-82-59(62)79)54-44(21-20-34-32(2)43(63)24-45(69-55)53(34)54)67-51(74)28-66-56(76)46(22-33-14-8-7-9-15-33)68-50(73)27-64-49(72)26-65-57(77)47(25-52(75)84-61(3,4)5)70-60(80)83-30-40-37-18-12-10-16-35(37)36-17-11-13-19-38(36)40/h7-19,23-24,40,44,46-47,81H,6,20-22,25-31H2,1-5H3,(H,64,72)(H,65,77)(H,66,76)(H,67,74)(H,68,73)(H,70,80)/t44-,46-,47+,62-/m0/s1. The van der Waals surface area contributed by atoms with Gasteiger partial charge in [-0.15, -0.1) is 0 Å². The van der Waals surface area contributed by atoms with Gasteiger partial charge in [-0.2, -0.15) is 0 Å². The number of amides is 6. The summed E-state index contributed by atoms with van der Waals surface area (Å²) >= 11 is 0. The van der Waals surface area contributed by atoms with E-state index >= 15 is 4.39 Å². The highest BCUT2D eigenvalue weighted by molar-refractivity contribution is 5.96. The number of fused-ring (bicyclic) bond motifs is 8. The molecule has 2 aliphatic carbocycles. The molecule has 6 amide bonds. The lowest BCUT2D eigenvalue weighted by Crippen LogP contribution is -2.53. The van der Waals surface area contributed by atoms with E-state index in [9.17, 15) is 48.3 Å². The smallest absolute Gasteiger partial charge is 0.407 e. The third-order valence-corrected chi connectivity index (χ3v) is 15.7. The first kappa shape index (κ1) is 57.9. The van der Waals surface area contributed by atoms with Gasteiger partial charge in [0.25, 0.3) is 5.56 Å². The third kappa shape index (κ3) is 11.7. The zero-order valence-electron chi connectivity index (χ0n) is 46.9. The molecule has 0 saturated carbocycles. The molecule has 0 spiro atoms. The summed E-state index contributed by atoms with van der Waals surface area (Å²) in [6, 6.07) is 23.6. The molecule has 7 N–H and O–H groups in total. The topological polar surface area (TPSA) is 292 Å². The minimum atomic E-state index is -2.08. The van der Waals surface area contributed by atoms with Gasteiger partial charge in [0.2, 0.25) is 29.5 Å². The minimum absolute atomic E-state index is 0.0159. The molecule has 0 fully saturated rings. The number of aromatic nitrogens is 2. The fourth-order valence-electron chi connectivity index (χ4n) is 11.6. The number of rotatable bonds is 18. The van der Waals surface area contributed by atoms with Gasteiger partial charge in [-0.3, -0.25) is 33.6 Å². The number of halogens is 1. The molecule has 0 saturated heterocycles. The molecule has 4 aromatic carbocycles. The highest BCUT2D eigenvalue weighted by Crippen LogP contribution is 2.47. The highest BCUT2D eigenvalue weighted by atomic mass is 19.1. The van der Waals surface area contributed by atoms with Crippen molar-refractivity contribution in [3.05, 3.63) is 157 Å². The number of hydrogen-bond acceptors (Lipinski definition) is 14. The quantitative estimate of drug-likeness (QED) is 0.0465. The van der Waals surface area contributed by atoms with Crippen LogP contribution in [0.5, 0.6) is 0 Å². The molecule has 6 aromatic rings. The van der Waals surface area contributed by atoms with Crippen molar-refractivity contribution in [1.29, 1.82) is 0 Å². The molecule has 21 nitrogen and oxygen atoms in total. The number of nitrogens with zero attached hydrogens (tertiary/aromatic N) is 2. The van der Waals surface area contributed by atoms with Crippen molar-refractivity contribution in [1.82, 2.24) is 41.5 Å². The van der Waals surface area contributed by atoms with Crippen molar-refractivity contribution in [3.63, 3.8) is 0 Å². The second-order valence-electron chi connectivity index (χ2n) is 22.3. The van der Waals surface area contributed by atoms with Gasteiger partial charge < -0.3 is 55.8 Å². The molecule has 4 aliphatic rings. The third-order valence-electron chi connectivity index (χ3n) is 15.7. The molecule has 4 atom stereocenters. The summed E-state index contributed by atoms with van der Waals surface area (Å²) in [5.41, 5.74) is 4.55. The number of aryl methyl sites for hydroxylation is 1. The number of carbonyl (C=O) groups excluding carboxylic acids is 8. The van der Waals surface area contributed by atoms with E-state index in [-0.39, 0.29) is 55.2 Å². The fraction of sp³-hybridized carbons (Fsp3) is 0.355. The number of esters is 2. The van der Waals surface area contributed by atoms with Crippen LogP contribution in [0.4, 0.5) is 9.18 Å². The molecule has 4 heterocycles. The second kappa shape index (κ2) is 23.5. The molecular formula is C62H63FN8O13. The largest absolute Gasteiger partial charge is 0.460 e. The van der Waals surface area contributed by atoms with E-state index in [1.165, 1.54) is 10.6 Å². The first-order valence-corrected chi connectivity index (χ1v) is 27.7. The Kier molecular flexibility index (Phi) is 16.2. The summed E-state index contributed by atoms with van der Waals surface area (Å²) in [7, 11) is 0. The van der Waals surface area contributed by atoms with Crippen LogP contribution in [0.1, 0.15) is 109 Å². The second-order valence-corrected chi connectivity index (χ2v) is 22.3. The zero-order chi connectivity index (χ0) is 59.8. The van der Waals surface area contributed by atoms with Gasteiger partial charge in [0.15, 0.2) is 5.60 Å². The monoisotopic (exact) mass is 1150 g/mol. The number of aliphatic hydroxyl groups is 1. The maximum Gasteiger partial charge on any atom is 0.407 e. The van der Waals surface area contributed by atoms with Crippen LogP contribution in [0.15, 0.2) is 95.8 Å². The first-order valence-electron chi connectivity index (χ1n) is 27.7. The van der Waals surface area contributed by atoms with Crippen LogP contribution in [0, 0.1) is 12.7 Å². The maximum absolute atomic E-state index is 15.5. The zero-order valence-corrected chi connectivity index (χ0v) is 46.9. The van der Waals surface area contributed by atoms with Crippen molar-refractivity contribution in [3.8, 4) is 22.5 Å². The van der Waals surface area contributed by atoms with E-state index < -0.39 is 114 Å². The van der Waals surface area contributed by atoms with Gasteiger partial charge in [0, 0.05) is 34.9 Å². The number of alkyl carbamates (subject to hydrolysis) is 1. The Labute approximate surface area is 481 Å². The Bertz CT molecular complexity index is 3720. The summed E-state index contributed by atoms with van der Waals surface area (Å²) in [4.78, 5) is 126. The summed E-state index contributed by atoms with van der Waals surface area (Å²) < 4.78 is 33.3. The van der Waals surface area contributed by atoms with E-state index in [0.29, 0.717) is 57.4 Å². The Morgan fingerprint density at radius 1 is 0.810 bits per heavy atom. The summed E-state index contributed by atoms with van der Waals surface area (Å²) in [6.45, 7) is 5.91. The van der Waals surface area contributed by atoms with Crippen molar-refractivity contribution in [2.24, 2.45) is 0 Å². The van der Waals surface area contributed by atoms with E-state index in [2.05, 4.69) is 31.9 Å². The Balaban J connectivity index is 0.770. The van der Waals surface area contributed by atoms with E-state index in [1.54, 1.807) is 71.0 Å². The number of pyridine rings is 2. The van der Waals surface area contributed by atoms with Crippen LogP contribution in [-0.4, -0.2) is 106 Å². The van der Waals surface area contributed by atoms with Gasteiger partial charge in [-0.25, -0.2) is 19.0 Å². The molecular weight excluding hydrogens is 1080 g/mol. The van der Waals surface area contributed by atoms with Gasteiger partial charge >= 0.3 is 18.0 Å². The highest BCUT2D eigenvalue weighted by Gasteiger charge is 2.46. The Morgan fingerprint density at radius 2 is 1.45 bits per heavy atom. The van der Waals surface area contributed by atoms with Gasteiger partial charge in [0.1, 0.15) is 36.7 Å². The van der Waals surface area contributed by atoms with E-state index in [1.807, 2.05) is 48.5 Å². The van der Waals surface area contributed by atoms with Crippen LogP contribution in [0.25, 0.3) is 33.4 Å². The molecule has 22 heteroatoms. The lowest BCUT2D eigenvalue weighted by atomic mass is 9.81. The molecule has 436 valence electrons. The van der Waals surface area contributed by atoms with Crippen molar-refractivity contribution < 1.29 is 62.1 Å². The molecule has 0 unspecified atom stereocenters. The number of nitrogens with one attached hydrogen (secondary N) is 6. The maximum atomic E-state index is 15.5. The lowest BCUT2D eigenvalue weighted by molar-refractivity contribution is -0.172. The molecule has 0 radical (unpaired) electrons. The van der Waals surface area contributed by atoms with Crippen molar-refractivity contribution in [2.45, 2.75) is 115 Å². The Hall–Kier alpha value is -9.31. The van der Waals surface area contributed by atoms with Crippen LogP contribution in [0.3, 0.4) is 0 Å². The minimum Gasteiger partial charge on any atom is -0.460 e. The van der Waals surface area contributed by atoms with Crippen LogP contribution >= 0.6 is 0 Å². The van der Waals surface area contributed by atoms with Crippen LogP contribution < -0.4 is 37.5 Å². The van der Waals surface area contributed by atoms with E-state index in [4.69, 9.17) is 19.2 Å². The van der Waals surface area contributed by atoms with Gasteiger partial charge in [-0.1, -0.05) is 85.8 Å². The number of cyclic esters (lactones) is 1. The first-order chi connectivity index (χ1) is 40.1. The number of hydrogen-bond donors (Lipinski definition) is 7. The average Bonchev–Trinajstić information content (AvgIpc) is 1.61. The average molecular weight is 1150 g/mol. The molecule has 84 heavy (non-hydrogen) atoms. The Morgan fingerprint density at radius 3 is 2.13 bits per heavy atom. The van der Waals surface area contributed by atoms with Crippen molar-refractivity contribution in [2.75, 3.05) is 26.2 Å². The number of benzene rings is 4. The predicted molar refractivity (Wildman–Crippen MR) is 302 cm³/mol. The predicted octanol–water partition coefficient (Wildman–Crippen LogP) is 4.35. The fourth-order valence-corrected chi connectivity index (χ4v) is 11.6. The van der Waals surface area contributed by atoms with Crippen LogP contribution in [-0.2, 0) is 79.4 Å².